The van der Waals surface area contributed by atoms with Crippen LogP contribution < -0.4 is 10.1 Å². The summed E-state index contributed by atoms with van der Waals surface area (Å²) in [6.45, 7) is 3.86. The molecule has 1 amide bonds. The monoisotopic (exact) mass is 267 g/mol. The molecule has 0 unspecified atom stereocenters. The Labute approximate surface area is 112 Å². The maximum absolute atomic E-state index is 11.9. The Morgan fingerprint density at radius 3 is 2.72 bits per heavy atom. The number of halogens is 1. The molecular formula is C14H18ClNO2. The molecule has 4 heteroatoms. The third-order valence-electron chi connectivity index (χ3n) is 3.27. The van der Waals surface area contributed by atoms with Crippen LogP contribution in [-0.2, 0) is 11.2 Å². The predicted octanol–water partition coefficient (Wildman–Crippen LogP) is 2.79. The quantitative estimate of drug-likeness (QED) is 0.911. The zero-order valence-electron chi connectivity index (χ0n) is 11.0. The normalized spacial score (nSPS) is 14.4. The van der Waals surface area contributed by atoms with Gasteiger partial charge < -0.3 is 10.1 Å². The highest BCUT2D eigenvalue weighted by Crippen LogP contribution is 2.32. The average molecular weight is 268 g/mol. The number of amides is 1. The van der Waals surface area contributed by atoms with Crippen molar-refractivity contribution in [3.05, 3.63) is 27.8 Å². The maximum atomic E-state index is 11.9. The van der Waals surface area contributed by atoms with Crippen LogP contribution in [-0.4, -0.2) is 19.1 Å². The Hall–Kier alpha value is -1.22. The molecule has 1 N–H and O–H groups in total. The molecule has 0 spiro atoms. The maximum Gasteiger partial charge on any atom is 0.224 e. The molecule has 98 valence electrons. The molecule has 1 aromatic carbocycles. The second-order valence-electron chi connectivity index (χ2n) is 4.83. The number of nitrogens with one attached hydrogen (secondary N) is 1. The van der Waals surface area contributed by atoms with Gasteiger partial charge in [0.05, 0.1) is 13.5 Å². The van der Waals surface area contributed by atoms with Gasteiger partial charge in [0.25, 0.3) is 0 Å². The highest BCUT2D eigenvalue weighted by molar-refractivity contribution is 6.32. The smallest absolute Gasteiger partial charge is 0.224 e. The number of aryl methyl sites for hydroxylation is 1. The molecule has 0 aromatic heterocycles. The fourth-order valence-electron chi connectivity index (χ4n) is 2.03. The van der Waals surface area contributed by atoms with Crippen LogP contribution in [0.5, 0.6) is 5.75 Å². The summed E-state index contributed by atoms with van der Waals surface area (Å²) in [5.41, 5.74) is 2.78. The summed E-state index contributed by atoms with van der Waals surface area (Å²) in [5, 5.41) is 3.69. The van der Waals surface area contributed by atoms with E-state index in [0.717, 1.165) is 35.3 Å². The Bertz CT molecular complexity index is 481. The lowest BCUT2D eigenvalue weighted by molar-refractivity contribution is -0.120. The van der Waals surface area contributed by atoms with Crippen molar-refractivity contribution in [3.8, 4) is 5.75 Å². The molecule has 1 aliphatic rings. The number of hydrogen-bond donors (Lipinski definition) is 1. The molecule has 3 nitrogen and oxygen atoms in total. The van der Waals surface area contributed by atoms with Gasteiger partial charge in [-0.05, 0) is 43.9 Å². The first-order chi connectivity index (χ1) is 8.52. The van der Waals surface area contributed by atoms with Crippen molar-refractivity contribution < 1.29 is 9.53 Å². The lowest BCUT2D eigenvalue weighted by atomic mass is 10.0. The summed E-state index contributed by atoms with van der Waals surface area (Å²) in [4.78, 5) is 11.9. The molecule has 1 aromatic rings. The van der Waals surface area contributed by atoms with Crippen LogP contribution in [0.15, 0.2) is 6.07 Å². The Balaban J connectivity index is 2.24. The number of benzene rings is 1. The highest BCUT2D eigenvalue weighted by atomic mass is 35.5. The van der Waals surface area contributed by atoms with Gasteiger partial charge in [0.15, 0.2) is 0 Å². The molecule has 1 fully saturated rings. The third kappa shape index (κ3) is 2.78. The van der Waals surface area contributed by atoms with E-state index in [9.17, 15) is 4.79 Å². The summed E-state index contributed by atoms with van der Waals surface area (Å²) >= 11 is 6.23. The molecule has 1 aliphatic carbocycles. The average Bonchev–Trinajstić information content (AvgIpc) is 3.13. The zero-order valence-corrected chi connectivity index (χ0v) is 11.7. The van der Waals surface area contributed by atoms with Crippen LogP contribution in [0.25, 0.3) is 0 Å². The van der Waals surface area contributed by atoms with Crippen LogP contribution in [0.3, 0.4) is 0 Å². The van der Waals surface area contributed by atoms with E-state index in [1.165, 1.54) is 0 Å². The molecule has 18 heavy (non-hydrogen) atoms. The number of rotatable bonds is 4. The fourth-order valence-corrected chi connectivity index (χ4v) is 2.20. The first kappa shape index (κ1) is 13.2. The Kier molecular flexibility index (Phi) is 3.81. The fraction of sp³-hybridized carbons (Fsp3) is 0.500. The van der Waals surface area contributed by atoms with Gasteiger partial charge in [-0.15, -0.1) is 0 Å². The van der Waals surface area contributed by atoms with E-state index >= 15 is 0 Å². The van der Waals surface area contributed by atoms with Crippen molar-refractivity contribution in [3.63, 3.8) is 0 Å². The molecule has 1 saturated carbocycles. The minimum atomic E-state index is 0.0406. The van der Waals surface area contributed by atoms with E-state index in [1.54, 1.807) is 7.11 Å². The highest BCUT2D eigenvalue weighted by Gasteiger charge is 2.24. The van der Waals surface area contributed by atoms with Crippen molar-refractivity contribution in [2.75, 3.05) is 7.11 Å². The molecule has 0 radical (unpaired) electrons. The summed E-state index contributed by atoms with van der Waals surface area (Å²) < 4.78 is 5.34. The predicted molar refractivity (Wildman–Crippen MR) is 72.3 cm³/mol. The molecule has 0 aliphatic heterocycles. The largest absolute Gasteiger partial charge is 0.496 e. The van der Waals surface area contributed by atoms with Crippen molar-refractivity contribution in [1.82, 2.24) is 5.32 Å². The van der Waals surface area contributed by atoms with E-state index in [1.807, 2.05) is 19.9 Å². The molecular weight excluding hydrogens is 250 g/mol. The Morgan fingerprint density at radius 1 is 1.50 bits per heavy atom. The number of carbonyl (C=O) groups is 1. The molecule has 0 atom stereocenters. The SMILES string of the molecule is COc1cc(C)c(Cl)c(C)c1CC(=O)NC1CC1. The second-order valence-corrected chi connectivity index (χ2v) is 5.21. The van der Waals surface area contributed by atoms with Crippen LogP contribution in [0, 0.1) is 13.8 Å². The van der Waals surface area contributed by atoms with Crippen LogP contribution >= 0.6 is 11.6 Å². The van der Waals surface area contributed by atoms with Gasteiger partial charge in [-0.2, -0.15) is 0 Å². The van der Waals surface area contributed by atoms with Gasteiger partial charge >= 0.3 is 0 Å². The van der Waals surface area contributed by atoms with E-state index < -0.39 is 0 Å². The minimum absolute atomic E-state index is 0.0406. The molecule has 0 bridgehead atoms. The topological polar surface area (TPSA) is 38.3 Å². The van der Waals surface area contributed by atoms with Crippen LogP contribution in [0.1, 0.15) is 29.5 Å². The van der Waals surface area contributed by atoms with E-state index in [2.05, 4.69) is 5.32 Å². The third-order valence-corrected chi connectivity index (χ3v) is 3.85. The minimum Gasteiger partial charge on any atom is -0.496 e. The van der Waals surface area contributed by atoms with E-state index in [4.69, 9.17) is 16.3 Å². The molecule has 0 heterocycles. The van der Waals surface area contributed by atoms with Gasteiger partial charge in [0, 0.05) is 16.6 Å². The van der Waals surface area contributed by atoms with Crippen molar-refractivity contribution in [1.29, 1.82) is 0 Å². The van der Waals surface area contributed by atoms with Crippen molar-refractivity contribution in [2.45, 2.75) is 39.2 Å². The van der Waals surface area contributed by atoms with Gasteiger partial charge in [-0.3, -0.25) is 4.79 Å². The lowest BCUT2D eigenvalue weighted by Crippen LogP contribution is -2.27. The number of carbonyl (C=O) groups excluding carboxylic acids is 1. The first-order valence-electron chi connectivity index (χ1n) is 6.15. The summed E-state index contributed by atoms with van der Waals surface area (Å²) in [6, 6.07) is 2.26. The van der Waals surface area contributed by atoms with Crippen LogP contribution in [0.4, 0.5) is 0 Å². The Morgan fingerprint density at radius 2 is 2.17 bits per heavy atom. The van der Waals surface area contributed by atoms with Crippen LogP contribution in [0.2, 0.25) is 5.02 Å². The molecule has 2 rings (SSSR count). The first-order valence-corrected chi connectivity index (χ1v) is 6.52. The van der Waals surface area contributed by atoms with Gasteiger partial charge in [-0.25, -0.2) is 0 Å². The van der Waals surface area contributed by atoms with Crippen molar-refractivity contribution >= 4 is 17.5 Å². The molecule has 0 saturated heterocycles. The van der Waals surface area contributed by atoms with Gasteiger partial charge in [0.1, 0.15) is 5.75 Å². The summed E-state index contributed by atoms with van der Waals surface area (Å²) in [6.07, 6.45) is 2.51. The number of hydrogen-bond acceptors (Lipinski definition) is 2. The van der Waals surface area contributed by atoms with Crippen molar-refractivity contribution in [2.24, 2.45) is 0 Å². The number of methoxy groups -OCH3 is 1. The summed E-state index contributed by atoms with van der Waals surface area (Å²) in [5.74, 6) is 0.777. The van der Waals surface area contributed by atoms with E-state index in [-0.39, 0.29) is 5.91 Å². The van der Waals surface area contributed by atoms with E-state index in [0.29, 0.717) is 17.5 Å². The zero-order chi connectivity index (χ0) is 13.3. The standard InChI is InChI=1S/C14H18ClNO2/c1-8-6-12(18-3)11(9(2)14(8)15)7-13(17)16-10-4-5-10/h6,10H,4-5,7H2,1-3H3,(H,16,17). The second kappa shape index (κ2) is 5.19. The lowest BCUT2D eigenvalue weighted by Gasteiger charge is -2.15. The number of ether oxygens (including phenoxy) is 1. The van der Waals surface area contributed by atoms with Gasteiger partial charge in [-0.1, -0.05) is 11.6 Å². The van der Waals surface area contributed by atoms with Gasteiger partial charge in [0.2, 0.25) is 5.91 Å². The summed E-state index contributed by atoms with van der Waals surface area (Å²) in [7, 11) is 1.62.